The van der Waals surface area contributed by atoms with Gasteiger partial charge in [-0.25, -0.2) is 4.68 Å². The number of benzene rings is 1. The van der Waals surface area contributed by atoms with Crippen molar-refractivity contribution in [3.63, 3.8) is 0 Å². The van der Waals surface area contributed by atoms with Crippen LogP contribution in [0.2, 0.25) is 0 Å². The predicted molar refractivity (Wildman–Crippen MR) is 127 cm³/mol. The highest BCUT2D eigenvalue weighted by Crippen LogP contribution is 2.27. The van der Waals surface area contributed by atoms with Gasteiger partial charge < -0.3 is 14.2 Å². The average Bonchev–Trinajstić information content (AvgIpc) is 3.58. The molecule has 0 unspecified atom stereocenters. The number of thiophene rings is 1. The van der Waals surface area contributed by atoms with E-state index >= 15 is 0 Å². The van der Waals surface area contributed by atoms with Gasteiger partial charge in [0.05, 0.1) is 16.1 Å². The molecule has 4 aromatic rings. The number of rotatable bonds is 4. The summed E-state index contributed by atoms with van der Waals surface area (Å²) in [7, 11) is 0. The van der Waals surface area contributed by atoms with Crippen LogP contribution in [0.25, 0.3) is 17.1 Å². The Labute approximate surface area is 195 Å². The van der Waals surface area contributed by atoms with E-state index in [9.17, 15) is 9.59 Å². The first-order chi connectivity index (χ1) is 16.0. The molecule has 1 aromatic carbocycles. The summed E-state index contributed by atoms with van der Waals surface area (Å²) in [6.45, 7) is 5.81. The minimum Gasteiger partial charge on any atom is -0.460 e. The van der Waals surface area contributed by atoms with Crippen LogP contribution in [-0.4, -0.2) is 57.6 Å². The van der Waals surface area contributed by atoms with Gasteiger partial charge in [0, 0.05) is 37.3 Å². The number of nitrogens with zero attached hydrogens (tertiary/aromatic N) is 4. The van der Waals surface area contributed by atoms with Gasteiger partial charge in [-0.05, 0) is 50.2 Å². The van der Waals surface area contributed by atoms with E-state index in [2.05, 4.69) is 5.10 Å². The van der Waals surface area contributed by atoms with Crippen LogP contribution in [0.4, 0.5) is 0 Å². The van der Waals surface area contributed by atoms with Crippen LogP contribution in [-0.2, 0) is 0 Å². The Balaban J connectivity index is 1.38. The molecule has 2 amide bonds. The maximum Gasteiger partial charge on any atom is 0.264 e. The van der Waals surface area contributed by atoms with Gasteiger partial charge in [-0.3, -0.25) is 9.59 Å². The van der Waals surface area contributed by atoms with Gasteiger partial charge in [-0.1, -0.05) is 18.2 Å². The van der Waals surface area contributed by atoms with Crippen LogP contribution >= 0.6 is 11.3 Å². The van der Waals surface area contributed by atoms with Gasteiger partial charge in [0.1, 0.15) is 11.5 Å². The summed E-state index contributed by atoms with van der Waals surface area (Å²) in [4.78, 5) is 31.8. The first-order valence-corrected chi connectivity index (χ1v) is 11.7. The van der Waals surface area contributed by atoms with Crippen molar-refractivity contribution in [3.05, 3.63) is 81.9 Å². The molecule has 1 aliphatic heterocycles. The van der Waals surface area contributed by atoms with Gasteiger partial charge in [0.15, 0.2) is 5.76 Å². The largest absolute Gasteiger partial charge is 0.460 e. The monoisotopic (exact) mass is 460 g/mol. The molecule has 0 radical (unpaired) electrons. The molecule has 3 aromatic heterocycles. The molecule has 0 N–H and O–H groups in total. The lowest BCUT2D eigenvalue weighted by molar-refractivity contribution is 0.0538. The van der Waals surface area contributed by atoms with Crippen molar-refractivity contribution in [2.45, 2.75) is 13.8 Å². The van der Waals surface area contributed by atoms with Crippen LogP contribution < -0.4 is 0 Å². The molecular weight excluding hydrogens is 436 g/mol. The molecule has 1 fully saturated rings. The van der Waals surface area contributed by atoms with Crippen LogP contribution in [0, 0.1) is 13.8 Å². The van der Waals surface area contributed by atoms with E-state index in [4.69, 9.17) is 4.42 Å². The van der Waals surface area contributed by atoms with Gasteiger partial charge in [-0.2, -0.15) is 5.10 Å². The van der Waals surface area contributed by atoms with Crippen LogP contribution in [0.5, 0.6) is 0 Å². The SMILES string of the molecule is Cc1ccc(-c2nn(-c3ccccc3)cc2C(=O)N2CCN(C(=O)c3ccc(C)s3)CC2)o1. The minimum absolute atomic E-state index is 0.0313. The number of para-hydroxylation sites is 1. The van der Waals surface area contributed by atoms with Crippen molar-refractivity contribution in [2.75, 3.05) is 26.2 Å². The number of carbonyl (C=O) groups excluding carboxylic acids is 2. The highest BCUT2D eigenvalue weighted by Gasteiger charge is 2.29. The average molecular weight is 461 g/mol. The number of aryl methyl sites for hydroxylation is 2. The number of aromatic nitrogens is 2. The number of amides is 2. The maximum atomic E-state index is 13.5. The lowest BCUT2D eigenvalue weighted by atomic mass is 10.1. The fourth-order valence-electron chi connectivity index (χ4n) is 3.98. The summed E-state index contributed by atoms with van der Waals surface area (Å²) < 4.78 is 7.51. The molecule has 8 heteroatoms. The maximum absolute atomic E-state index is 13.5. The Morgan fingerprint density at radius 2 is 1.58 bits per heavy atom. The lowest BCUT2D eigenvalue weighted by Gasteiger charge is -2.34. The van der Waals surface area contributed by atoms with E-state index in [-0.39, 0.29) is 11.8 Å². The summed E-state index contributed by atoms with van der Waals surface area (Å²) in [5, 5.41) is 4.68. The molecule has 168 valence electrons. The van der Waals surface area contributed by atoms with E-state index < -0.39 is 0 Å². The van der Waals surface area contributed by atoms with E-state index in [1.54, 1.807) is 15.8 Å². The van der Waals surface area contributed by atoms with Gasteiger partial charge in [-0.15, -0.1) is 11.3 Å². The molecule has 1 aliphatic rings. The third kappa shape index (κ3) is 4.21. The molecule has 7 nitrogen and oxygen atoms in total. The molecule has 0 spiro atoms. The Bertz CT molecular complexity index is 1300. The third-order valence-electron chi connectivity index (χ3n) is 5.74. The third-order valence-corrected chi connectivity index (χ3v) is 6.73. The minimum atomic E-state index is -0.111. The highest BCUT2D eigenvalue weighted by molar-refractivity contribution is 7.13. The molecule has 5 rings (SSSR count). The molecule has 1 saturated heterocycles. The second-order valence-corrected chi connectivity index (χ2v) is 9.36. The lowest BCUT2D eigenvalue weighted by Crippen LogP contribution is -2.50. The number of hydrogen-bond donors (Lipinski definition) is 0. The molecule has 0 aliphatic carbocycles. The number of hydrogen-bond acceptors (Lipinski definition) is 5. The normalized spacial score (nSPS) is 14.0. The zero-order valence-corrected chi connectivity index (χ0v) is 19.3. The highest BCUT2D eigenvalue weighted by atomic mass is 32.1. The Kier molecular flexibility index (Phi) is 5.60. The van der Waals surface area contributed by atoms with Crippen molar-refractivity contribution >= 4 is 23.2 Å². The molecule has 0 bridgehead atoms. The fourth-order valence-corrected chi connectivity index (χ4v) is 4.81. The van der Waals surface area contributed by atoms with Crippen molar-refractivity contribution in [2.24, 2.45) is 0 Å². The van der Waals surface area contributed by atoms with Gasteiger partial charge in [0.2, 0.25) is 0 Å². The first kappa shape index (κ1) is 21.2. The predicted octanol–water partition coefficient (Wildman–Crippen LogP) is 4.41. The van der Waals surface area contributed by atoms with Crippen LogP contribution in [0.3, 0.4) is 0 Å². The van der Waals surface area contributed by atoms with E-state index in [0.29, 0.717) is 43.2 Å². The Morgan fingerprint density at radius 3 is 2.18 bits per heavy atom. The van der Waals surface area contributed by atoms with Crippen molar-refractivity contribution < 1.29 is 14.0 Å². The zero-order chi connectivity index (χ0) is 22.9. The Hall–Kier alpha value is -3.65. The molecule has 0 saturated carbocycles. The smallest absolute Gasteiger partial charge is 0.264 e. The second-order valence-electron chi connectivity index (χ2n) is 8.08. The fraction of sp³-hybridized carbons (Fsp3) is 0.240. The summed E-state index contributed by atoms with van der Waals surface area (Å²) >= 11 is 1.50. The van der Waals surface area contributed by atoms with E-state index in [0.717, 1.165) is 21.2 Å². The molecular formula is C25H24N4O3S. The van der Waals surface area contributed by atoms with Gasteiger partial charge >= 0.3 is 0 Å². The van der Waals surface area contributed by atoms with E-state index in [1.165, 1.54) is 11.3 Å². The molecule has 4 heterocycles. The first-order valence-electron chi connectivity index (χ1n) is 10.9. The number of furan rings is 1. The van der Waals surface area contributed by atoms with Gasteiger partial charge in [0.25, 0.3) is 11.8 Å². The van der Waals surface area contributed by atoms with Crippen LogP contribution in [0.15, 0.2) is 65.2 Å². The summed E-state index contributed by atoms with van der Waals surface area (Å²) in [6, 6.07) is 17.2. The topological polar surface area (TPSA) is 71.6 Å². The molecule has 0 atom stereocenters. The second kappa shape index (κ2) is 8.71. The van der Waals surface area contributed by atoms with Crippen molar-refractivity contribution in [1.29, 1.82) is 0 Å². The molecule has 33 heavy (non-hydrogen) atoms. The van der Waals surface area contributed by atoms with Crippen molar-refractivity contribution in [1.82, 2.24) is 19.6 Å². The van der Waals surface area contributed by atoms with Crippen LogP contribution in [0.1, 0.15) is 30.7 Å². The zero-order valence-electron chi connectivity index (χ0n) is 18.5. The number of carbonyl (C=O) groups is 2. The summed E-state index contributed by atoms with van der Waals surface area (Å²) in [5.41, 5.74) is 1.87. The summed E-state index contributed by atoms with van der Waals surface area (Å²) in [6.07, 6.45) is 1.76. The standard InChI is InChI=1S/C25H24N4O3S/c1-17-8-10-21(32-17)23-20(16-29(26-23)19-6-4-3-5-7-19)24(30)27-12-14-28(15-13-27)25(31)22-11-9-18(2)33-22/h3-11,16H,12-15H2,1-2H3. The number of piperazine rings is 1. The quantitative estimate of drug-likeness (QED) is 0.452. The summed E-state index contributed by atoms with van der Waals surface area (Å²) in [5.74, 6) is 1.24. The Morgan fingerprint density at radius 1 is 0.879 bits per heavy atom. The van der Waals surface area contributed by atoms with Crippen molar-refractivity contribution in [3.8, 4) is 17.1 Å². The van der Waals surface area contributed by atoms with E-state index in [1.807, 2.05) is 73.3 Å².